The number of aromatic nitrogens is 3. The van der Waals surface area contributed by atoms with E-state index in [4.69, 9.17) is 20.9 Å². The zero-order valence-electron chi connectivity index (χ0n) is 22.1. The van der Waals surface area contributed by atoms with Crippen LogP contribution < -0.4 is 5.32 Å². The Morgan fingerprint density at radius 2 is 1.75 bits per heavy atom. The van der Waals surface area contributed by atoms with Crippen LogP contribution in [0.15, 0.2) is 59.3 Å². The van der Waals surface area contributed by atoms with E-state index in [0.717, 1.165) is 55.9 Å². The lowest BCUT2D eigenvalue weighted by molar-refractivity contribution is -0.143. The van der Waals surface area contributed by atoms with Crippen LogP contribution in [0.25, 0.3) is 22.3 Å². The van der Waals surface area contributed by atoms with Crippen LogP contribution in [-0.4, -0.2) is 82.3 Å². The van der Waals surface area contributed by atoms with Gasteiger partial charge in [-0.05, 0) is 61.4 Å². The number of carbonyl (C=O) groups is 2. The first-order chi connectivity index (χ1) is 19.5. The number of rotatable bonds is 6. The summed E-state index contributed by atoms with van der Waals surface area (Å²) in [4.78, 5) is 34.2. The van der Waals surface area contributed by atoms with E-state index < -0.39 is 11.8 Å². The van der Waals surface area contributed by atoms with Crippen LogP contribution in [-0.2, 0) is 20.9 Å². The summed E-state index contributed by atoms with van der Waals surface area (Å²) < 4.78 is 13.1. The standard InChI is InChI=1S/C29H31ClN6O4/c30-23-3-1-20(2-4-23)26-32-28(40-33-26)21-7-11-36(12-8-21)29(38)27(37)31-24-5-6-25-22(19-24)9-10-35(25)14-13-34-15-17-39-18-16-34/h1-6,9-10,19,21H,7-8,11-18H2,(H,31,37). The predicted octanol–water partition coefficient (Wildman–Crippen LogP) is 4.02. The molecule has 0 radical (unpaired) electrons. The number of benzene rings is 2. The Balaban J connectivity index is 1.01. The van der Waals surface area contributed by atoms with E-state index in [1.165, 1.54) is 0 Å². The molecule has 4 heterocycles. The number of fused-ring (bicyclic) bond motifs is 1. The molecule has 2 amide bonds. The number of ether oxygens (including phenoxy) is 1. The first kappa shape index (κ1) is 26.5. The highest BCUT2D eigenvalue weighted by Crippen LogP contribution is 2.29. The Morgan fingerprint density at radius 1 is 0.975 bits per heavy atom. The molecule has 2 aliphatic rings. The van der Waals surface area contributed by atoms with Crippen LogP contribution in [0.2, 0.25) is 5.02 Å². The number of hydrogen-bond acceptors (Lipinski definition) is 7. The zero-order valence-corrected chi connectivity index (χ0v) is 22.8. The first-order valence-electron chi connectivity index (χ1n) is 13.6. The second kappa shape index (κ2) is 11.8. The molecule has 208 valence electrons. The average molecular weight is 563 g/mol. The van der Waals surface area contributed by atoms with Crippen molar-refractivity contribution in [3.8, 4) is 11.4 Å². The Kier molecular flexibility index (Phi) is 7.81. The van der Waals surface area contributed by atoms with Crippen molar-refractivity contribution in [3.63, 3.8) is 0 Å². The largest absolute Gasteiger partial charge is 0.379 e. The minimum atomic E-state index is -0.632. The molecule has 0 aliphatic carbocycles. The summed E-state index contributed by atoms with van der Waals surface area (Å²) >= 11 is 5.96. The zero-order chi connectivity index (χ0) is 27.5. The third-order valence-electron chi connectivity index (χ3n) is 7.66. The first-order valence-corrected chi connectivity index (χ1v) is 14.0. The van der Waals surface area contributed by atoms with Gasteiger partial charge < -0.3 is 24.0 Å². The highest BCUT2D eigenvalue weighted by molar-refractivity contribution is 6.39. The second-order valence-electron chi connectivity index (χ2n) is 10.2. The number of nitrogens with zero attached hydrogens (tertiary/aromatic N) is 5. The van der Waals surface area contributed by atoms with Gasteiger partial charge in [-0.15, -0.1) is 0 Å². The number of halogens is 1. The maximum atomic E-state index is 12.9. The van der Waals surface area contributed by atoms with Gasteiger partial charge in [0.2, 0.25) is 11.7 Å². The van der Waals surface area contributed by atoms with E-state index >= 15 is 0 Å². The van der Waals surface area contributed by atoms with Crippen LogP contribution in [0.4, 0.5) is 5.69 Å². The van der Waals surface area contributed by atoms with Crippen molar-refractivity contribution in [2.75, 3.05) is 51.3 Å². The number of anilines is 1. The van der Waals surface area contributed by atoms with E-state index in [1.54, 1.807) is 17.0 Å². The summed E-state index contributed by atoms with van der Waals surface area (Å²) in [5.74, 6) is -0.0719. The molecule has 4 aromatic rings. The molecule has 6 rings (SSSR count). The van der Waals surface area contributed by atoms with Crippen molar-refractivity contribution in [1.29, 1.82) is 0 Å². The molecule has 1 N–H and O–H groups in total. The molecule has 0 saturated carbocycles. The molecule has 10 nitrogen and oxygen atoms in total. The number of carbonyl (C=O) groups excluding carboxylic acids is 2. The molecule has 40 heavy (non-hydrogen) atoms. The summed E-state index contributed by atoms with van der Waals surface area (Å²) in [6.45, 7) is 6.24. The molecule has 0 atom stereocenters. The van der Waals surface area contributed by atoms with E-state index in [2.05, 4.69) is 31.1 Å². The van der Waals surface area contributed by atoms with E-state index in [9.17, 15) is 9.59 Å². The number of likely N-dealkylation sites (tertiary alicyclic amines) is 1. The second-order valence-corrected chi connectivity index (χ2v) is 10.7. The lowest BCUT2D eigenvalue weighted by Crippen LogP contribution is -2.43. The van der Waals surface area contributed by atoms with Crippen LogP contribution in [0, 0.1) is 0 Å². The minimum absolute atomic E-state index is 0.0374. The van der Waals surface area contributed by atoms with Crippen LogP contribution in [0.3, 0.4) is 0 Å². The van der Waals surface area contributed by atoms with E-state index in [0.29, 0.717) is 48.4 Å². The monoisotopic (exact) mass is 562 g/mol. The summed E-state index contributed by atoms with van der Waals surface area (Å²) in [6, 6.07) is 15.0. The molecule has 2 saturated heterocycles. The summed E-state index contributed by atoms with van der Waals surface area (Å²) in [7, 11) is 0. The summed E-state index contributed by atoms with van der Waals surface area (Å²) in [5, 5.41) is 8.53. The fourth-order valence-corrected chi connectivity index (χ4v) is 5.45. The minimum Gasteiger partial charge on any atom is -0.379 e. The molecule has 0 unspecified atom stereocenters. The maximum Gasteiger partial charge on any atom is 0.313 e. The molecule has 2 fully saturated rings. The van der Waals surface area contributed by atoms with Gasteiger partial charge in [0, 0.05) is 78.6 Å². The number of piperidine rings is 1. The van der Waals surface area contributed by atoms with Crippen molar-refractivity contribution in [3.05, 3.63) is 65.6 Å². The molecule has 0 spiro atoms. The van der Waals surface area contributed by atoms with Crippen molar-refractivity contribution < 1.29 is 18.8 Å². The van der Waals surface area contributed by atoms with Crippen molar-refractivity contribution in [1.82, 2.24) is 24.5 Å². The van der Waals surface area contributed by atoms with Crippen molar-refractivity contribution in [2.45, 2.75) is 25.3 Å². The number of hydrogen-bond donors (Lipinski definition) is 1. The highest BCUT2D eigenvalue weighted by Gasteiger charge is 2.30. The highest BCUT2D eigenvalue weighted by atomic mass is 35.5. The van der Waals surface area contributed by atoms with Crippen molar-refractivity contribution in [2.24, 2.45) is 0 Å². The van der Waals surface area contributed by atoms with Gasteiger partial charge in [0.15, 0.2) is 0 Å². The molecule has 2 aromatic heterocycles. The van der Waals surface area contributed by atoms with Gasteiger partial charge in [0.25, 0.3) is 0 Å². The number of nitrogens with one attached hydrogen (secondary N) is 1. The van der Waals surface area contributed by atoms with E-state index in [1.807, 2.05) is 36.4 Å². The summed E-state index contributed by atoms with van der Waals surface area (Å²) in [6.07, 6.45) is 3.35. The van der Waals surface area contributed by atoms with E-state index in [-0.39, 0.29) is 5.92 Å². The molecule has 2 aromatic carbocycles. The fraction of sp³-hybridized carbons (Fsp3) is 0.379. The Bertz CT molecular complexity index is 1490. The van der Waals surface area contributed by atoms with Crippen LogP contribution in [0.1, 0.15) is 24.7 Å². The van der Waals surface area contributed by atoms with Crippen LogP contribution in [0.5, 0.6) is 0 Å². The third-order valence-corrected chi connectivity index (χ3v) is 7.91. The van der Waals surface area contributed by atoms with Gasteiger partial charge in [-0.1, -0.05) is 16.8 Å². The number of morpholine rings is 1. The Hall–Kier alpha value is -3.73. The number of amides is 2. The lowest BCUT2D eigenvalue weighted by Gasteiger charge is -2.29. The normalized spacial score (nSPS) is 16.9. The quantitative estimate of drug-likeness (QED) is 0.354. The molecular weight excluding hydrogens is 532 g/mol. The maximum absolute atomic E-state index is 12.9. The van der Waals surface area contributed by atoms with Gasteiger partial charge in [-0.2, -0.15) is 4.98 Å². The smallest absolute Gasteiger partial charge is 0.313 e. The molecular formula is C29H31ClN6O4. The van der Waals surface area contributed by atoms with Gasteiger partial charge in [0.1, 0.15) is 0 Å². The van der Waals surface area contributed by atoms with Gasteiger partial charge in [-0.25, -0.2) is 0 Å². The average Bonchev–Trinajstić information content (AvgIpc) is 3.64. The molecule has 0 bridgehead atoms. The lowest BCUT2D eigenvalue weighted by atomic mass is 9.96. The molecule has 2 aliphatic heterocycles. The Labute approximate surface area is 236 Å². The molecule has 11 heteroatoms. The third kappa shape index (κ3) is 5.89. The SMILES string of the molecule is O=C(Nc1ccc2c(ccn2CCN2CCOCC2)c1)C(=O)N1CCC(c2nc(-c3ccc(Cl)cc3)no2)CC1. The predicted molar refractivity (Wildman–Crippen MR) is 151 cm³/mol. The topological polar surface area (TPSA) is 106 Å². The Morgan fingerprint density at radius 3 is 2.52 bits per heavy atom. The summed E-state index contributed by atoms with van der Waals surface area (Å²) in [5.41, 5.74) is 2.53. The van der Waals surface area contributed by atoms with Gasteiger partial charge >= 0.3 is 11.8 Å². The van der Waals surface area contributed by atoms with Crippen molar-refractivity contribution >= 4 is 40.0 Å². The van der Waals surface area contributed by atoms with Gasteiger partial charge in [-0.3, -0.25) is 14.5 Å². The van der Waals surface area contributed by atoms with Crippen LogP contribution >= 0.6 is 11.6 Å². The van der Waals surface area contributed by atoms with Gasteiger partial charge in [0.05, 0.1) is 13.2 Å². The fourth-order valence-electron chi connectivity index (χ4n) is 5.32.